The highest BCUT2D eigenvalue weighted by Gasteiger charge is 2.44. The van der Waals surface area contributed by atoms with E-state index in [0.29, 0.717) is 24.7 Å². The van der Waals surface area contributed by atoms with Crippen LogP contribution in [0.2, 0.25) is 5.02 Å². The number of rotatable bonds is 5. The lowest BCUT2D eigenvalue weighted by molar-refractivity contribution is -0.154. The molecule has 7 nitrogen and oxygen atoms in total. The predicted octanol–water partition coefficient (Wildman–Crippen LogP) is 2.08. The monoisotopic (exact) mass is 415 g/mol. The van der Waals surface area contributed by atoms with Crippen LogP contribution in [0.5, 0.6) is 0 Å². The molecule has 2 amide bonds. The van der Waals surface area contributed by atoms with E-state index in [1.165, 1.54) is 0 Å². The van der Waals surface area contributed by atoms with Crippen LogP contribution in [-0.2, 0) is 16.1 Å². The van der Waals surface area contributed by atoms with Gasteiger partial charge in [0.05, 0.1) is 16.9 Å². The van der Waals surface area contributed by atoms with Crippen molar-refractivity contribution < 1.29 is 9.59 Å². The van der Waals surface area contributed by atoms with Gasteiger partial charge in [-0.2, -0.15) is 5.10 Å². The molecular weight excluding hydrogens is 390 g/mol. The number of carbonyl (C=O) groups excluding carboxylic acids is 2. The Labute approximate surface area is 175 Å². The summed E-state index contributed by atoms with van der Waals surface area (Å²) >= 11 is 6.26. The van der Waals surface area contributed by atoms with E-state index in [2.05, 4.69) is 15.3 Å². The van der Waals surface area contributed by atoms with Gasteiger partial charge >= 0.3 is 0 Å². The van der Waals surface area contributed by atoms with Crippen LogP contribution in [-0.4, -0.2) is 63.1 Å². The smallest absolute Gasteiger partial charge is 0.246 e. The van der Waals surface area contributed by atoms with Crippen LogP contribution in [0.4, 0.5) is 0 Å². The van der Waals surface area contributed by atoms with E-state index in [1.54, 1.807) is 9.58 Å². The van der Waals surface area contributed by atoms with Crippen molar-refractivity contribution in [3.8, 4) is 5.69 Å². The fourth-order valence-corrected chi connectivity index (χ4v) is 4.27. The van der Waals surface area contributed by atoms with Crippen molar-refractivity contribution in [3.05, 3.63) is 47.2 Å². The van der Waals surface area contributed by atoms with Gasteiger partial charge in [0, 0.05) is 37.9 Å². The van der Waals surface area contributed by atoms with Crippen molar-refractivity contribution in [1.82, 2.24) is 24.9 Å². The molecular formula is C21H26ClN5O2. The van der Waals surface area contributed by atoms with Gasteiger partial charge < -0.3 is 10.2 Å². The Hall–Kier alpha value is -2.38. The molecule has 3 heterocycles. The Bertz CT molecular complexity index is 914. The summed E-state index contributed by atoms with van der Waals surface area (Å²) in [4.78, 5) is 29.5. The van der Waals surface area contributed by atoms with Gasteiger partial charge in [0.15, 0.2) is 0 Å². The first-order valence-electron chi connectivity index (χ1n) is 10.1. The minimum absolute atomic E-state index is 0.0497. The van der Waals surface area contributed by atoms with Gasteiger partial charge in [-0.1, -0.05) is 44.0 Å². The maximum absolute atomic E-state index is 12.8. The van der Waals surface area contributed by atoms with E-state index in [-0.39, 0.29) is 17.7 Å². The van der Waals surface area contributed by atoms with Gasteiger partial charge in [0.25, 0.3) is 0 Å². The molecule has 2 aromatic rings. The number of piperazine rings is 2. The summed E-state index contributed by atoms with van der Waals surface area (Å²) in [5.74, 6) is 0.141. The minimum Gasteiger partial charge on any atom is -0.342 e. The van der Waals surface area contributed by atoms with Crippen LogP contribution in [0.3, 0.4) is 0 Å². The van der Waals surface area contributed by atoms with Gasteiger partial charge in [-0.05, 0) is 18.1 Å². The van der Waals surface area contributed by atoms with Crippen molar-refractivity contribution >= 4 is 23.4 Å². The largest absolute Gasteiger partial charge is 0.342 e. The van der Waals surface area contributed by atoms with Gasteiger partial charge in [0.2, 0.25) is 11.8 Å². The number of halogens is 1. The summed E-state index contributed by atoms with van der Waals surface area (Å²) in [6.07, 6.45) is 4.64. The molecule has 2 saturated heterocycles. The van der Waals surface area contributed by atoms with Crippen LogP contribution in [0.1, 0.15) is 25.8 Å². The Morgan fingerprint density at radius 3 is 2.83 bits per heavy atom. The van der Waals surface area contributed by atoms with E-state index in [0.717, 1.165) is 24.2 Å². The quantitative estimate of drug-likeness (QED) is 0.811. The van der Waals surface area contributed by atoms with Gasteiger partial charge in [-0.25, -0.2) is 4.68 Å². The number of fused-ring (bicyclic) bond motifs is 1. The summed E-state index contributed by atoms with van der Waals surface area (Å²) < 4.78 is 1.77. The zero-order valence-electron chi connectivity index (χ0n) is 16.7. The molecule has 29 heavy (non-hydrogen) atoms. The van der Waals surface area contributed by atoms with Crippen molar-refractivity contribution in [2.75, 3.05) is 19.6 Å². The minimum atomic E-state index is -0.421. The lowest BCUT2D eigenvalue weighted by atomic mass is 9.93. The first kappa shape index (κ1) is 19.9. The lowest BCUT2D eigenvalue weighted by Crippen LogP contribution is -2.70. The van der Waals surface area contributed by atoms with E-state index in [4.69, 9.17) is 11.6 Å². The number of hydrogen-bond acceptors (Lipinski definition) is 4. The second-order valence-corrected chi connectivity index (χ2v) is 8.31. The predicted molar refractivity (Wildman–Crippen MR) is 111 cm³/mol. The summed E-state index contributed by atoms with van der Waals surface area (Å²) in [6, 6.07) is 6.75. The maximum atomic E-state index is 12.8. The molecule has 154 valence electrons. The number of aromatic nitrogens is 2. The number of para-hydroxylation sites is 1. The van der Waals surface area contributed by atoms with Crippen LogP contribution >= 0.6 is 11.6 Å². The molecule has 0 radical (unpaired) electrons. The van der Waals surface area contributed by atoms with E-state index >= 15 is 0 Å². The first-order chi connectivity index (χ1) is 14.0. The normalized spacial score (nSPS) is 23.6. The standard InChI is InChI=1S/C21H26ClN5O2/c1-3-14(2)19-21(29)26-9-8-25(13-18(26)20(28)24-19)11-15-10-23-27(12-15)17-7-5-4-6-16(17)22/h4-7,10,12,14,18-19H,3,8-9,11,13H2,1-2H3,(H,24,28)/t14-,18+,19-/m0/s1. The van der Waals surface area contributed by atoms with Crippen LogP contribution in [0, 0.1) is 5.92 Å². The average Bonchev–Trinajstić information content (AvgIpc) is 3.18. The van der Waals surface area contributed by atoms with Gasteiger partial charge in [-0.3, -0.25) is 14.5 Å². The Kier molecular flexibility index (Phi) is 5.61. The van der Waals surface area contributed by atoms with Crippen LogP contribution < -0.4 is 5.32 Å². The topological polar surface area (TPSA) is 70.5 Å². The Morgan fingerprint density at radius 2 is 2.07 bits per heavy atom. The number of amides is 2. The third kappa shape index (κ3) is 3.89. The second kappa shape index (κ2) is 8.16. The molecule has 0 spiro atoms. The van der Waals surface area contributed by atoms with Gasteiger partial charge in [0.1, 0.15) is 12.1 Å². The number of carbonyl (C=O) groups is 2. The molecule has 2 aliphatic rings. The van der Waals surface area contributed by atoms with E-state index in [1.807, 2.05) is 50.5 Å². The number of benzene rings is 1. The zero-order chi connectivity index (χ0) is 20.5. The highest BCUT2D eigenvalue weighted by molar-refractivity contribution is 6.32. The average molecular weight is 416 g/mol. The van der Waals surface area contributed by atoms with Crippen LogP contribution in [0.25, 0.3) is 5.69 Å². The Morgan fingerprint density at radius 1 is 1.28 bits per heavy atom. The fraction of sp³-hybridized carbons (Fsp3) is 0.476. The molecule has 0 unspecified atom stereocenters. The van der Waals surface area contributed by atoms with Crippen molar-refractivity contribution in [3.63, 3.8) is 0 Å². The molecule has 1 aromatic carbocycles. The Balaban J connectivity index is 1.43. The second-order valence-electron chi connectivity index (χ2n) is 7.90. The van der Waals surface area contributed by atoms with Crippen molar-refractivity contribution in [2.45, 2.75) is 38.9 Å². The van der Waals surface area contributed by atoms with E-state index in [9.17, 15) is 9.59 Å². The number of nitrogens with zero attached hydrogens (tertiary/aromatic N) is 4. The lowest BCUT2D eigenvalue weighted by Gasteiger charge is -2.46. The van der Waals surface area contributed by atoms with Crippen molar-refractivity contribution in [2.24, 2.45) is 5.92 Å². The van der Waals surface area contributed by atoms with Crippen LogP contribution in [0.15, 0.2) is 36.7 Å². The van der Waals surface area contributed by atoms with Crippen molar-refractivity contribution in [1.29, 1.82) is 0 Å². The summed E-state index contributed by atoms with van der Waals surface area (Å²) in [6.45, 7) is 6.56. The molecule has 0 saturated carbocycles. The third-order valence-corrected chi connectivity index (χ3v) is 6.29. The molecule has 4 rings (SSSR count). The van der Waals surface area contributed by atoms with E-state index < -0.39 is 12.1 Å². The molecule has 0 bridgehead atoms. The molecule has 3 atom stereocenters. The number of hydrogen-bond donors (Lipinski definition) is 1. The molecule has 2 fully saturated rings. The first-order valence-corrected chi connectivity index (χ1v) is 10.5. The maximum Gasteiger partial charge on any atom is 0.246 e. The highest BCUT2D eigenvalue weighted by atomic mass is 35.5. The molecule has 8 heteroatoms. The highest BCUT2D eigenvalue weighted by Crippen LogP contribution is 2.23. The summed E-state index contributed by atoms with van der Waals surface area (Å²) in [5, 5.41) is 8.01. The molecule has 1 aromatic heterocycles. The fourth-order valence-electron chi connectivity index (χ4n) is 4.05. The third-order valence-electron chi connectivity index (χ3n) is 5.97. The molecule has 2 aliphatic heterocycles. The number of nitrogens with one attached hydrogen (secondary N) is 1. The summed E-state index contributed by atoms with van der Waals surface area (Å²) in [7, 11) is 0. The summed E-state index contributed by atoms with van der Waals surface area (Å²) in [5.41, 5.74) is 1.87. The SMILES string of the molecule is CC[C@H](C)[C@@H]1NC(=O)[C@H]2CN(Cc3cnn(-c4ccccc4Cl)c3)CCN2C1=O. The zero-order valence-corrected chi connectivity index (χ0v) is 17.5. The molecule has 1 N–H and O–H groups in total. The van der Waals surface area contributed by atoms with Gasteiger partial charge in [-0.15, -0.1) is 0 Å². The molecule has 0 aliphatic carbocycles.